The highest BCUT2D eigenvalue weighted by atomic mass is 16.7. The predicted molar refractivity (Wildman–Crippen MR) is 212 cm³/mol. The van der Waals surface area contributed by atoms with Crippen LogP contribution >= 0.6 is 0 Å². The standard InChI is InChI=1S/C41H76N2O15/c1-15-29-41(10,49)34(45)24(4)31(42-53-21-52-17-16-50-13)22(2)19-39(8,48)36(58-38-32(44)28(43(11)12)18-23(3)54-38)25(5)33(26(6)37(47)56-29)57-30-20-40(9,51-14)35(46)27(7)55-30/h22-30,32-36,38,44-46,48-49H,15-21H2,1-14H3/b42-31-/t22-,23-,24+,25+,26-,27+,28+,29-,30+,32-,33+,34-,35+,36-,38-,39-,40-,41-/m1/s1. The number of ether oxygens (including phenoxy) is 8. The summed E-state index contributed by atoms with van der Waals surface area (Å²) < 4.78 is 48.1. The Hall–Kier alpha value is -1.58. The van der Waals surface area contributed by atoms with Crippen molar-refractivity contribution in [2.75, 3.05) is 48.3 Å². The Morgan fingerprint density at radius 3 is 2.14 bits per heavy atom. The van der Waals surface area contributed by atoms with Crippen LogP contribution in [0.1, 0.15) is 94.9 Å². The van der Waals surface area contributed by atoms with E-state index in [2.05, 4.69) is 5.16 Å². The summed E-state index contributed by atoms with van der Waals surface area (Å²) in [5.41, 5.74) is -4.49. The van der Waals surface area contributed by atoms with Crippen LogP contribution in [0.4, 0.5) is 0 Å². The number of methoxy groups -OCH3 is 2. The van der Waals surface area contributed by atoms with Crippen molar-refractivity contribution in [1.29, 1.82) is 0 Å². The molecular weight excluding hydrogens is 760 g/mol. The quantitative estimate of drug-likeness (QED) is 0.0778. The second kappa shape index (κ2) is 21.5. The average Bonchev–Trinajstić information content (AvgIpc) is 3.15. The van der Waals surface area contributed by atoms with Gasteiger partial charge in [-0.05, 0) is 74.9 Å². The first-order valence-corrected chi connectivity index (χ1v) is 20.8. The van der Waals surface area contributed by atoms with Crippen molar-refractivity contribution in [3.63, 3.8) is 0 Å². The van der Waals surface area contributed by atoms with Gasteiger partial charge in [-0.2, -0.15) is 0 Å². The second-order valence-electron chi connectivity index (χ2n) is 17.7. The van der Waals surface area contributed by atoms with E-state index in [1.165, 1.54) is 14.0 Å². The zero-order valence-electron chi connectivity index (χ0n) is 37.3. The van der Waals surface area contributed by atoms with E-state index >= 15 is 0 Å². The van der Waals surface area contributed by atoms with Gasteiger partial charge in [0, 0.05) is 44.4 Å². The van der Waals surface area contributed by atoms with Crippen LogP contribution in [0.3, 0.4) is 0 Å². The molecule has 0 aromatic rings. The Balaban J connectivity index is 2.22. The second-order valence-corrected chi connectivity index (χ2v) is 17.7. The minimum absolute atomic E-state index is 0.0307. The molecule has 0 bridgehead atoms. The van der Waals surface area contributed by atoms with Gasteiger partial charge in [-0.15, -0.1) is 0 Å². The molecule has 58 heavy (non-hydrogen) atoms. The van der Waals surface area contributed by atoms with Gasteiger partial charge in [0.2, 0.25) is 6.79 Å². The fraction of sp³-hybridized carbons (Fsp3) is 0.951. The van der Waals surface area contributed by atoms with E-state index < -0.39 is 102 Å². The summed E-state index contributed by atoms with van der Waals surface area (Å²) >= 11 is 0. The number of aliphatic hydroxyl groups excluding tert-OH is 3. The molecule has 0 spiro atoms. The van der Waals surface area contributed by atoms with Gasteiger partial charge in [0.25, 0.3) is 0 Å². The lowest BCUT2D eigenvalue weighted by Gasteiger charge is -2.49. The fourth-order valence-corrected chi connectivity index (χ4v) is 8.93. The molecule has 0 unspecified atom stereocenters. The van der Waals surface area contributed by atoms with Crippen LogP contribution in [-0.2, 0) is 47.5 Å². The Morgan fingerprint density at radius 2 is 1.55 bits per heavy atom. The molecule has 0 amide bonds. The van der Waals surface area contributed by atoms with Crippen molar-refractivity contribution >= 4 is 11.7 Å². The van der Waals surface area contributed by atoms with Gasteiger partial charge in [-0.1, -0.05) is 32.9 Å². The largest absolute Gasteiger partial charge is 0.459 e. The van der Waals surface area contributed by atoms with Crippen LogP contribution < -0.4 is 0 Å². The third-order valence-corrected chi connectivity index (χ3v) is 12.6. The van der Waals surface area contributed by atoms with Gasteiger partial charge in [-0.25, -0.2) is 0 Å². The van der Waals surface area contributed by atoms with Crippen LogP contribution in [0.25, 0.3) is 0 Å². The summed E-state index contributed by atoms with van der Waals surface area (Å²) in [4.78, 5) is 21.8. The number of likely N-dealkylation sites (N-methyl/N-ethyl adjacent to an activating group) is 1. The Labute approximate surface area is 345 Å². The van der Waals surface area contributed by atoms with Crippen molar-refractivity contribution < 1.29 is 73.1 Å². The van der Waals surface area contributed by atoms with Gasteiger partial charge in [0.15, 0.2) is 12.6 Å². The number of carbonyl (C=O) groups excluding carboxylic acids is 1. The summed E-state index contributed by atoms with van der Waals surface area (Å²) in [7, 11) is 6.76. The molecule has 3 aliphatic rings. The smallest absolute Gasteiger partial charge is 0.311 e. The van der Waals surface area contributed by atoms with E-state index in [-0.39, 0.29) is 44.8 Å². The van der Waals surface area contributed by atoms with Crippen LogP contribution in [0.15, 0.2) is 5.16 Å². The lowest BCUT2D eigenvalue weighted by molar-refractivity contribution is -0.317. The van der Waals surface area contributed by atoms with Crippen molar-refractivity contribution in [1.82, 2.24) is 4.90 Å². The number of hydrogen-bond acceptors (Lipinski definition) is 17. The summed E-state index contributed by atoms with van der Waals surface area (Å²) in [6, 6.07) is -0.328. The number of aliphatic hydroxyl groups is 5. The van der Waals surface area contributed by atoms with Gasteiger partial charge >= 0.3 is 5.97 Å². The van der Waals surface area contributed by atoms with E-state index in [9.17, 15) is 30.3 Å². The number of nitrogens with zero attached hydrogens (tertiary/aromatic N) is 2. The maximum absolute atomic E-state index is 14.3. The Morgan fingerprint density at radius 1 is 0.897 bits per heavy atom. The molecule has 3 saturated heterocycles. The third-order valence-electron chi connectivity index (χ3n) is 12.6. The maximum atomic E-state index is 14.3. The monoisotopic (exact) mass is 837 g/mol. The Kier molecular flexibility index (Phi) is 18.8. The highest BCUT2D eigenvalue weighted by Crippen LogP contribution is 2.41. The molecule has 17 nitrogen and oxygen atoms in total. The van der Waals surface area contributed by atoms with Gasteiger partial charge < -0.3 is 73.2 Å². The van der Waals surface area contributed by atoms with Crippen LogP contribution in [-0.4, -0.2) is 175 Å². The number of cyclic esters (lactones) is 1. The van der Waals surface area contributed by atoms with Gasteiger partial charge in [-0.3, -0.25) is 4.79 Å². The molecule has 0 radical (unpaired) electrons. The fourth-order valence-electron chi connectivity index (χ4n) is 8.93. The number of hydrogen-bond donors (Lipinski definition) is 5. The first-order valence-electron chi connectivity index (χ1n) is 20.8. The molecule has 3 rings (SSSR count). The SMILES string of the molecule is CC[C@H]1OC(=O)[C@H](C)[C@@H](O[C@H]2C[C@@](C)(OC)[C@@H](O)[C@H](C)O2)[C@H](C)[C@@H](O[C@H]2O[C@H](C)C[C@H](N(C)C)[C@H]2O)[C@](C)(O)C[C@@H](C)/C(=N/OCOCCOC)[C@H](C)[C@@H](O)[C@]1(C)O. The number of rotatable bonds is 13. The highest BCUT2D eigenvalue weighted by molar-refractivity contribution is 5.88. The normalized spacial score (nSPS) is 45.8. The van der Waals surface area contributed by atoms with Crippen LogP contribution in [0.5, 0.6) is 0 Å². The van der Waals surface area contributed by atoms with E-state index in [4.69, 9.17) is 42.7 Å². The average molecular weight is 837 g/mol. The molecule has 340 valence electrons. The Bertz CT molecular complexity index is 1300. The first-order chi connectivity index (χ1) is 27.0. The zero-order valence-corrected chi connectivity index (χ0v) is 37.3. The highest BCUT2D eigenvalue weighted by Gasteiger charge is 2.53. The lowest BCUT2D eigenvalue weighted by atomic mass is 9.73. The molecule has 3 aliphatic heterocycles. The predicted octanol–water partition coefficient (Wildman–Crippen LogP) is 2.21. The van der Waals surface area contributed by atoms with E-state index in [0.29, 0.717) is 18.7 Å². The molecule has 0 aromatic carbocycles. The van der Waals surface area contributed by atoms with Crippen LogP contribution in [0, 0.1) is 23.7 Å². The molecule has 3 fully saturated rings. The maximum Gasteiger partial charge on any atom is 0.311 e. The molecule has 0 aliphatic carbocycles. The summed E-state index contributed by atoms with van der Waals surface area (Å²) in [5, 5.41) is 63.6. The molecule has 17 heteroatoms. The van der Waals surface area contributed by atoms with E-state index in [0.717, 1.165) is 0 Å². The molecule has 18 atom stereocenters. The molecule has 5 N–H and O–H groups in total. The lowest BCUT2D eigenvalue weighted by Crippen LogP contribution is -2.61. The minimum Gasteiger partial charge on any atom is -0.459 e. The summed E-state index contributed by atoms with van der Waals surface area (Å²) in [6.07, 6.45) is -9.49. The topological polar surface area (TPSA) is 217 Å². The van der Waals surface area contributed by atoms with E-state index in [1.807, 2.05) is 32.8 Å². The first kappa shape index (κ1) is 50.8. The summed E-state index contributed by atoms with van der Waals surface area (Å²) in [5.74, 6) is -4.14. The molecule has 0 aromatic heterocycles. The number of esters is 1. The third kappa shape index (κ3) is 12.1. The van der Waals surface area contributed by atoms with Gasteiger partial charge in [0.05, 0.1) is 66.6 Å². The van der Waals surface area contributed by atoms with Crippen molar-refractivity contribution in [2.45, 2.75) is 179 Å². The number of oxime groups is 1. The molecular formula is C41H76N2O15. The van der Waals surface area contributed by atoms with Crippen LogP contribution in [0.2, 0.25) is 0 Å². The van der Waals surface area contributed by atoms with E-state index in [1.54, 1.807) is 55.6 Å². The molecule has 0 saturated carbocycles. The van der Waals surface area contributed by atoms with Crippen molar-refractivity contribution in [3.8, 4) is 0 Å². The minimum atomic E-state index is -1.97. The zero-order chi connectivity index (χ0) is 43.9. The molecule has 3 heterocycles. The van der Waals surface area contributed by atoms with Crippen molar-refractivity contribution in [3.05, 3.63) is 0 Å². The van der Waals surface area contributed by atoms with Gasteiger partial charge in [0.1, 0.15) is 23.9 Å². The summed E-state index contributed by atoms with van der Waals surface area (Å²) in [6.45, 7) is 17.3. The number of carbonyl (C=O) groups is 1. The van der Waals surface area contributed by atoms with Crippen molar-refractivity contribution in [2.24, 2.45) is 28.8 Å².